The Labute approximate surface area is 220 Å². The molecule has 0 radical (unpaired) electrons. The molecule has 0 unspecified atom stereocenters. The lowest BCUT2D eigenvalue weighted by atomic mass is 9.86. The van der Waals surface area contributed by atoms with Gasteiger partial charge < -0.3 is 29.0 Å². The van der Waals surface area contributed by atoms with Crippen LogP contribution < -0.4 is 14.2 Å². The van der Waals surface area contributed by atoms with E-state index in [0.29, 0.717) is 30.2 Å². The summed E-state index contributed by atoms with van der Waals surface area (Å²) < 4.78 is 16.8. The first kappa shape index (κ1) is 23.9. The Bertz CT molecular complexity index is 1500. The molecule has 3 heterocycles. The minimum Gasteiger partial charge on any atom is -0.493 e. The van der Waals surface area contributed by atoms with Crippen LogP contribution in [0.1, 0.15) is 28.4 Å². The number of rotatable bonds is 6. The number of methoxy groups -OCH3 is 3. The van der Waals surface area contributed by atoms with Crippen molar-refractivity contribution in [2.75, 3.05) is 27.9 Å². The average Bonchev–Trinajstić information content (AvgIpc) is 3.32. The highest BCUT2D eigenvalue weighted by molar-refractivity contribution is 5.97. The number of nitrogens with one attached hydrogen (secondary N) is 1. The van der Waals surface area contributed by atoms with Crippen LogP contribution >= 0.6 is 0 Å². The first-order valence-electron chi connectivity index (χ1n) is 12.6. The lowest BCUT2D eigenvalue weighted by molar-refractivity contribution is -0.159. The summed E-state index contributed by atoms with van der Waals surface area (Å²) in [4.78, 5) is 34.8. The molecule has 4 aromatic rings. The summed E-state index contributed by atoms with van der Waals surface area (Å²) in [5, 5.41) is 1.06. The normalized spacial score (nSPS) is 18.8. The van der Waals surface area contributed by atoms with Crippen molar-refractivity contribution in [2.24, 2.45) is 0 Å². The zero-order valence-corrected chi connectivity index (χ0v) is 21.6. The molecule has 1 fully saturated rings. The van der Waals surface area contributed by atoms with Crippen LogP contribution in [0.15, 0.2) is 66.7 Å². The van der Waals surface area contributed by atoms with Gasteiger partial charge in [-0.3, -0.25) is 9.59 Å². The van der Waals surface area contributed by atoms with E-state index in [1.54, 1.807) is 31.1 Å². The van der Waals surface area contributed by atoms with Gasteiger partial charge in [0, 0.05) is 29.6 Å². The van der Waals surface area contributed by atoms with Gasteiger partial charge in [0.15, 0.2) is 11.5 Å². The monoisotopic (exact) mass is 511 g/mol. The third-order valence-corrected chi connectivity index (χ3v) is 7.56. The van der Waals surface area contributed by atoms with Crippen molar-refractivity contribution in [1.29, 1.82) is 0 Å². The third-order valence-electron chi connectivity index (χ3n) is 7.56. The Morgan fingerprint density at radius 2 is 1.58 bits per heavy atom. The van der Waals surface area contributed by atoms with Crippen molar-refractivity contribution in [1.82, 2.24) is 14.8 Å². The third kappa shape index (κ3) is 3.75. The molecule has 2 aliphatic rings. The second-order valence-corrected chi connectivity index (χ2v) is 9.62. The van der Waals surface area contributed by atoms with E-state index in [2.05, 4.69) is 11.1 Å². The number of hydrogen-bond donors (Lipinski definition) is 1. The number of ether oxygens (including phenoxy) is 3. The molecule has 38 heavy (non-hydrogen) atoms. The number of para-hydroxylation sites is 1. The van der Waals surface area contributed by atoms with E-state index in [9.17, 15) is 9.59 Å². The lowest BCUT2D eigenvalue weighted by Gasteiger charge is -2.47. The molecule has 0 spiro atoms. The highest BCUT2D eigenvalue weighted by Gasteiger charge is 2.48. The summed E-state index contributed by atoms with van der Waals surface area (Å²) in [6.45, 7) is 0.409. The standard InChI is InChI=1S/C30H29N3O5/c1-36-24-13-19(14-25(37-2)29(24)38-3)28-27-21(20-11-7-8-12-22(20)31-27)15-23-30(35)32(17-26(34)33(23)28)16-18-9-5-4-6-10-18/h4-14,23,28,31H,15-17H2,1-3H3/t23-,28+/m1/s1. The van der Waals surface area contributed by atoms with Crippen LogP contribution in [0, 0.1) is 0 Å². The van der Waals surface area contributed by atoms with Gasteiger partial charge in [0.25, 0.3) is 0 Å². The van der Waals surface area contributed by atoms with E-state index in [0.717, 1.165) is 33.3 Å². The molecule has 194 valence electrons. The van der Waals surface area contributed by atoms with Crippen molar-refractivity contribution >= 4 is 22.7 Å². The average molecular weight is 512 g/mol. The van der Waals surface area contributed by atoms with Crippen LogP contribution in [-0.4, -0.2) is 60.5 Å². The summed E-state index contributed by atoms with van der Waals surface area (Å²) in [7, 11) is 4.69. The highest BCUT2D eigenvalue weighted by Crippen LogP contribution is 2.47. The van der Waals surface area contributed by atoms with Gasteiger partial charge in [-0.15, -0.1) is 0 Å². The number of amides is 2. The number of nitrogens with zero attached hydrogens (tertiary/aromatic N) is 2. The molecular weight excluding hydrogens is 482 g/mol. The number of carbonyl (C=O) groups is 2. The fraction of sp³-hybridized carbons (Fsp3) is 0.267. The minimum atomic E-state index is -0.629. The van der Waals surface area contributed by atoms with Crippen LogP contribution in [0.4, 0.5) is 0 Å². The van der Waals surface area contributed by atoms with E-state index in [1.807, 2.05) is 60.7 Å². The van der Waals surface area contributed by atoms with E-state index in [4.69, 9.17) is 14.2 Å². The molecule has 1 aromatic heterocycles. The summed E-state index contributed by atoms with van der Waals surface area (Å²) >= 11 is 0. The topological polar surface area (TPSA) is 84.1 Å². The van der Waals surface area contributed by atoms with Crippen LogP contribution in [0.3, 0.4) is 0 Å². The second-order valence-electron chi connectivity index (χ2n) is 9.62. The van der Waals surface area contributed by atoms with E-state index >= 15 is 0 Å². The van der Waals surface area contributed by atoms with Crippen LogP contribution in [0.25, 0.3) is 10.9 Å². The maximum atomic E-state index is 14.0. The van der Waals surface area contributed by atoms with Gasteiger partial charge in [0.05, 0.1) is 27.4 Å². The van der Waals surface area contributed by atoms with Gasteiger partial charge in [-0.25, -0.2) is 0 Å². The molecule has 8 heteroatoms. The summed E-state index contributed by atoms with van der Waals surface area (Å²) in [5.41, 5.74) is 4.68. The number of piperazine rings is 1. The highest BCUT2D eigenvalue weighted by atomic mass is 16.5. The number of fused-ring (bicyclic) bond motifs is 4. The van der Waals surface area contributed by atoms with Gasteiger partial charge in [-0.2, -0.15) is 0 Å². The molecule has 2 atom stereocenters. The number of benzene rings is 3. The number of hydrogen-bond acceptors (Lipinski definition) is 5. The zero-order valence-electron chi connectivity index (χ0n) is 21.6. The molecule has 0 aliphatic carbocycles. The minimum absolute atomic E-state index is 0.0146. The quantitative estimate of drug-likeness (QED) is 0.422. The molecule has 0 saturated carbocycles. The van der Waals surface area contributed by atoms with E-state index in [-0.39, 0.29) is 18.4 Å². The van der Waals surface area contributed by atoms with E-state index in [1.165, 1.54) is 0 Å². The Morgan fingerprint density at radius 3 is 2.26 bits per heavy atom. The fourth-order valence-electron chi connectivity index (χ4n) is 5.87. The molecular formula is C30H29N3O5. The SMILES string of the molecule is COc1cc([C@H]2c3[nH]c4ccccc4c3C[C@@H]3C(=O)N(Cc4ccccc4)CC(=O)N23)cc(OC)c1OC. The zero-order chi connectivity index (χ0) is 26.4. The maximum absolute atomic E-state index is 14.0. The Kier molecular flexibility index (Phi) is 5.94. The number of H-pyrrole nitrogens is 1. The number of carbonyl (C=O) groups excluding carboxylic acids is 2. The van der Waals surface area contributed by atoms with Gasteiger partial charge in [-0.05, 0) is 34.9 Å². The Hall–Kier alpha value is -4.46. The number of aromatic amines is 1. The smallest absolute Gasteiger partial charge is 0.246 e. The summed E-state index contributed by atoms with van der Waals surface area (Å²) in [6.07, 6.45) is 0.441. The molecule has 0 bridgehead atoms. The molecule has 1 N–H and O–H groups in total. The van der Waals surface area contributed by atoms with Gasteiger partial charge in [0.2, 0.25) is 17.6 Å². The lowest BCUT2D eigenvalue weighted by Crippen LogP contribution is -2.62. The first-order chi connectivity index (χ1) is 18.5. The van der Waals surface area contributed by atoms with Crippen molar-refractivity contribution in [3.05, 3.63) is 89.1 Å². The van der Waals surface area contributed by atoms with E-state index < -0.39 is 12.1 Å². The molecule has 3 aromatic carbocycles. The summed E-state index contributed by atoms with van der Waals surface area (Å²) in [5.74, 6) is 1.29. The van der Waals surface area contributed by atoms with Crippen LogP contribution in [0.5, 0.6) is 17.2 Å². The molecule has 8 nitrogen and oxygen atoms in total. The van der Waals surface area contributed by atoms with Gasteiger partial charge in [0.1, 0.15) is 12.6 Å². The maximum Gasteiger partial charge on any atom is 0.246 e. The van der Waals surface area contributed by atoms with Crippen LogP contribution in [0.2, 0.25) is 0 Å². The largest absolute Gasteiger partial charge is 0.493 e. The van der Waals surface area contributed by atoms with Gasteiger partial charge in [-0.1, -0.05) is 48.5 Å². The molecule has 2 amide bonds. The van der Waals surface area contributed by atoms with Crippen molar-refractivity contribution in [3.8, 4) is 17.2 Å². The first-order valence-corrected chi connectivity index (χ1v) is 12.6. The fourth-order valence-corrected chi connectivity index (χ4v) is 5.87. The van der Waals surface area contributed by atoms with Crippen molar-refractivity contribution < 1.29 is 23.8 Å². The van der Waals surface area contributed by atoms with Crippen molar-refractivity contribution in [3.63, 3.8) is 0 Å². The molecule has 1 saturated heterocycles. The predicted molar refractivity (Wildman–Crippen MR) is 142 cm³/mol. The predicted octanol–water partition coefficient (Wildman–Crippen LogP) is 4.08. The second kappa shape index (κ2) is 9.45. The van der Waals surface area contributed by atoms with Gasteiger partial charge >= 0.3 is 0 Å². The Balaban J connectivity index is 1.50. The van der Waals surface area contributed by atoms with Crippen molar-refractivity contribution in [2.45, 2.75) is 25.0 Å². The molecule has 6 rings (SSSR count). The Morgan fingerprint density at radius 1 is 0.895 bits per heavy atom. The molecule has 2 aliphatic heterocycles. The summed E-state index contributed by atoms with van der Waals surface area (Å²) in [6, 6.07) is 20.4. The van der Waals surface area contributed by atoms with Crippen LogP contribution in [-0.2, 0) is 22.6 Å². The number of aromatic nitrogens is 1.